The van der Waals surface area contributed by atoms with Crippen LogP contribution in [0.3, 0.4) is 0 Å². The van der Waals surface area contributed by atoms with E-state index in [0.29, 0.717) is 17.1 Å². The fourth-order valence-electron chi connectivity index (χ4n) is 2.81. The van der Waals surface area contributed by atoms with Crippen LogP contribution in [0.25, 0.3) is 17.2 Å². The van der Waals surface area contributed by atoms with Crippen molar-refractivity contribution in [2.75, 3.05) is 14.2 Å². The normalized spacial score (nSPS) is 10.5. The van der Waals surface area contributed by atoms with Crippen LogP contribution in [-0.4, -0.2) is 26.0 Å². The fraction of sp³-hybridized carbons (Fsp3) is 0.0833. The third-order valence-corrected chi connectivity index (χ3v) is 4.39. The molecule has 0 spiro atoms. The highest BCUT2D eigenvalue weighted by Gasteiger charge is 2.07. The number of ether oxygens (including phenoxy) is 2. The number of benzene rings is 3. The number of hydrogen-bond donors (Lipinski definition) is 2. The topological polar surface area (TPSA) is 76.7 Å². The smallest absolute Gasteiger partial charge is 0.269 e. The molecule has 0 fully saturated rings. The number of carbonyl (C=O) groups excluding carboxylic acids is 2. The van der Waals surface area contributed by atoms with E-state index in [1.807, 2.05) is 42.5 Å². The Morgan fingerprint density at radius 3 is 2.10 bits per heavy atom. The van der Waals surface area contributed by atoms with Crippen LogP contribution in [0.15, 0.2) is 78.9 Å². The summed E-state index contributed by atoms with van der Waals surface area (Å²) in [6.45, 7) is 0. The van der Waals surface area contributed by atoms with Gasteiger partial charge in [0.2, 0.25) is 0 Å². The number of methoxy groups -OCH3 is 2. The van der Waals surface area contributed by atoms with Gasteiger partial charge in [0.05, 0.1) is 14.2 Å². The number of nitrogens with one attached hydrogen (secondary N) is 2. The van der Waals surface area contributed by atoms with Crippen LogP contribution in [0.4, 0.5) is 0 Å². The van der Waals surface area contributed by atoms with Gasteiger partial charge in [0.25, 0.3) is 11.8 Å². The second kappa shape index (κ2) is 9.93. The zero-order chi connectivity index (χ0) is 21.3. The minimum atomic E-state index is -0.459. The molecule has 0 aromatic heterocycles. The first-order chi connectivity index (χ1) is 14.6. The van der Waals surface area contributed by atoms with Crippen LogP contribution in [0.2, 0.25) is 0 Å². The Morgan fingerprint density at radius 2 is 1.43 bits per heavy atom. The van der Waals surface area contributed by atoms with E-state index in [0.717, 1.165) is 16.7 Å². The average molecular weight is 402 g/mol. The van der Waals surface area contributed by atoms with Gasteiger partial charge in [0.1, 0.15) is 0 Å². The molecule has 0 aliphatic carbocycles. The van der Waals surface area contributed by atoms with Gasteiger partial charge < -0.3 is 9.47 Å². The first-order valence-corrected chi connectivity index (χ1v) is 9.26. The van der Waals surface area contributed by atoms with Gasteiger partial charge in [0.15, 0.2) is 11.5 Å². The molecule has 152 valence electrons. The molecule has 0 saturated heterocycles. The molecule has 3 aromatic rings. The van der Waals surface area contributed by atoms with Crippen molar-refractivity contribution < 1.29 is 19.1 Å². The highest BCUT2D eigenvalue weighted by atomic mass is 16.5. The van der Waals surface area contributed by atoms with Gasteiger partial charge in [-0.15, -0.1) is 0 Å². The van der Waals surface area contributed by atoms with Crippen molar-refractivity contribution in [3.63, 3.8) is 0 Å². The van der Waals surface area contributed by atoms with Crippen LogP contribution < -0.4 is 20.3 Å². The minimum Gasteiger partial charge on any atom is -0.493 e. The van der Waals surface area contributed by atoms with Gasteiger partial charge in [-0.05, 0) is 47.0 Å². The molecule has 0 bridgehead atoms. The molecule has 6 heteroatoms. The standard InChI is InChI=1S/C24H22N2O4/c1-29-21-14-8-17(16-22(21)30-2)9-15-23(27)25-26-24(28)20-12-10-19(11-13-20)18-6-4-3-5-7-18/h3-16H,1-2H3,(H,25,27)(H,26,28). The SMILES string of the molecule is COc1ccc(C=CC(=O)NNC(=O)c2ccc(-c3ccccc3)cc2)cc1OC. The first kappa shape index (κ1) is 20.7. The maximum Gasteiger partial charge on any atom is 0.269 e. The van der Waals surface area contributed by atoms with Gasteiger partial charge in [-0.3, -0.25) is 20.4 Å². The summed E-state index contributed by atoms with van der Waals surface area (Å²) in [5, 5.41) is 0. The minimum absolute atomic E-state index is 0.400. The summed E-state index contributed by atoms with van der Waals surface area (Å²) >= 11 is 0. The number of rotatable bonds is 6. The summed E-state index contributed by atoms with van der Waals surface area (Å²) < 4.78 is 10.4. The summed E-state index contributed by atoms with van der Waals surface area (Å²) in [6.07, 6.45) is 2.93. The van der Waals surface area contributed by atoms with Crippen molar-refractivity contribution in [2.24, 2.45) is 0 Å². The Labute approximate surface area is 175 Å². The maximum atomic E-state index is 12.2. The predicted molar refractivity (Wildman–Crippen MR) is 116 cm³/mol. The predicted octanol–water partition coefficient (Wildman–Crippen LogP) is 3.85. The van der Waals surface area contributed by atoms with Gasteiger partial charge in [0, 0.05) is 11.6 Å². The Balaban J connectivity index is 1.55. The quantitative estimate of drug-likeness (QED) is 0.485. The van der Waals surface area contributed by atoms with Crippen LogP contribution in [0.1, 0.15) is 15.9 Å². The van der Waals surface area contributed by atoms with E-state index in [1.165, 1.54) is 6.08 Å². The fourth-order valence-corrected chi connectivity index (χ4v) is 2.81. The molecule has 3 aromatic carbocycles. The summed E-state index contributed by atoms with van der Waals surface area (Å²) in [6, 6.07) is 22.3. The van der Waals surface area contributed by atoms with Crippen molar-refractivity contribution in [3.8, 4) is 22.6 Å². The largest absolute Gasteiger partial charge is 0.493 e. The van der Waals surface area contributed by atoms with Crippen molar-refractivity contribution in [3.05, 3.63) is 90.0 Å². The van der Waals surface area contributed by atoms with Gasteiger partial charge >= 0.3 is 0 Å². The van der Waals surface area contributed by atoms with Crippen LogP contribution >= 0.6 is 0 Å². The molecule has 0 unspecified atom stereocenters. The molecule has 0 heterocycles. The highest BCUT2D eigenvalue weighted by molar-refractivity contribution is 5.98. The van der Waals surface area contributed by atoms with E-state index in [1.54, 1.807) is 50.6 Å². The second-order valence-corrected chi connectivity index (χ2v) is 6.33. The zero-order valence-electron chi connectivity index (χ0n) is 16.7. The second-order valence-electron chi connectivity index (χ2n) is 6.33. The van der Waals surface area contributed by atoms with E-state index in [2.05, 4.69) is 10.9 Å². The molecule has 2 N–H and O–H groups in total. The van der Waals surface area contributed by atoms with Crippen LogP contribution in [0, 0.1) is 0 Å². The van der Waals surface area contributed by atoms with E-state index in [4.69, 9.17) is 9.47 Å². The van der Waals surface area contributed by atoms with Crippen molar-refractivity contribution in [2.45, 2.75) is 0 Å². The Bertz CT molecular complexity index is 1040. The number of carbonyl (C=O) groups is 2. The number of amides is 2. The Morgan fingerprint density at radius 1 is 0.767 bits per heavy atom. The lowest BCUT2D eigenvalue weighted by molar-refractivity contribution is -0.117. The molecule has 0 saturated carbocycles. The molecule has 0 radical (unpaired) electrons. The molecule has 6 nitrogen and oxygen atoms in total. The molecule has 0 aliphatic heterocycles. The lowest BCUT2D eigenvalue weighted by Gasteiger charge is -2.08. The molecule has 2 amide bonds. The Kier molecular flexibility index (Phi) is 6.84. The Hall–Kier alpha value is -4.06. The van der Waals surface area contributed by atoms with E-state index in [-0.39, 0.29) is 0 Å². The molecule has 0 atom stereocenters. The number of hydrazine groups is 1. The van der Waals surface area contributed by atoms with Gasteiger partial charge in [-0.1, -0.05) is 48.5 Å². The first-order valence-electron chi connectivity index (χ1n) is 9.26. The zero-order valence-corrected chi connectivity index (χ0v) is 16.7. The van der Waals surface area contributed by atoms with Crippen LogP contribution in [-0.2, 0) is 4.79 Å². The van der Waals surface area contributed by atoms with Crippen molar-refractivity contribution in [1.29, 1.82) is 0 Å². The monoisotopic (exact) mass is 402 g/mol. The van der Waals surface area contributed by atoms with E-state index >= 15 is 0 Å². The third kappa shape index (κ3) is 5.26. The molecule has 0 aliphatic rings. The molecule has 3 rings (SSSR count). The molecular weight excluding hydrogens is 380 g/mol. The maximum absolute atomic E-state index is 12.2. The lowest BCUT2D eigenvalue weighted by Crippen LogP contribution is -2.40. The summed E-state index contributed by atoms with van der Waals surface area (Å²) in [7, 11) is 3.10. The van der Waals surface area contributed by atoms with Crippen LogP contribution in [0.5, 0.6) is 11.5 Å². The van der Waals surface area contributed by atoms with E-state index in [9.17, 15) is 9.59 Å². The van der Waals surface area contributed by atoms with E-state index < -0.39 is 11.8 Å². The third-order valence-electron chi connectivity index (χ3n) is 4.39. The van der Waals surface area contributed by atoms with Gasteiger partial charge in [-0.25, -0.2) is 0 Å². The molecule has 30 heavy (non-hydrogen) atoms. The van der Waals surface area contributed by atoms with Crippen molar-refractivity contribution in [1.82, 2.24) is 10.9 Å². The van der Waals surface area contributed by atoms with Gasteiger partial charge in [-0.2, -0.15) is 0 Å². The summed E-state index contributed by atoms with van der Waals surface area (Å²) in [5.74, 6) is 0.304. The molecular formula is C24H22N2O4. The lowest BCUT2D eigenvalue weighted by atomic mass is 10.0. The summed E-state index contributed by atoms with van der Waals surface area (Å²) in [5.41, 5.74) is 8.04. The average Bonchev–Trinajstić information content (AvgIpc) is 2.81. The highest BCUT2D eigenvalue weighted by Crippen LogP contribution is 2.27. The number of hydrogen-bond acceptors (Lipinski definition) is 4. The summed E-state index contributed by atoms with van der Waals surface area (Å²) in [4.78, 5) is 24.2. The van der Waals surface area contributed by atoms with Crippen molar-refractivity contribution >= 4 is 17.9 Å².